The molecule has 0 saturated carbocycles. The molecule has 1 aromatic heterocycles. The first-order valence-electron chi connectivity index (χ1n) is 9.49. The van der Waals surface area contributed by atoms with E-state index in [1.807, 2.05) is 0 Å². The summed E-state index contributed by atoms with van der Waals surface area (Å²) >= 11 is 0. The third kappa shape index (κ3) is 4.68. The number of halogens is 3. The fourth-order valence-corrected chi connectivity index (χ4v) is 3.38. The van der Waals surface area contributed by atoms with Gasteiger partial charge in [-0.1, -0.05) is 12.1 Å². The molecule has 0 aliphatic carbocycles. The number of benzene rings is 2. The summed E-state index contributed by atoms with van der Waals surface area (Å²) in [6.07, 6.45) is -5.01. The smallest absolute Gasteiger partial charge is 0.435 e. The lowest BCUT2D eigenvalue weighted by Crippen LogP contribution is -2.10. The van der Waals surface area contributed by atoms with Crippen molar-refractivity contribution in [1.82, 2.24) is 9.78 Å². The SMILES string of the molecule is COc1cccc(Cn2nc(C(F)(F)F)c(Cc3cc(OC)c(OC)c(OC)c3)c2O)c1. The van der Waals surface area contributed by atoms with Crippen molar-refractivity contribution < 1.29 is 37.2 Å². The fraction of sp³-hybridized carbons (Fsp3) is 0.318. The summed E-state index contributed by atoms with van der Waals surface area (Å²) in [6.45, 7) is -0.0681. The van der Waals surface area contributed by atoms with Crippen molar-refractivity contribution in [1.29, 1.82) is 0 Å². The van der Waals surface area contributed by atoms with E-state index in [0.29, 0.717) is 34.1 Å². The zero-order valence-electron chi connectivity index (χ0n) is 18.0. The van der Waals surface area contributed by atoms with E-state index in [4.69, 9.17) is 18.9 Å². The molecule has 0 atom stereocenters. The molecule has 10 heteroatoms. The molecule has 32 heavy (non-hydrogen) atoms. The highest BCUT2D eigenvalue weighted by Crippen LogP contribution is 2.41. The van der Waals surface area contributed by atoms with Crippen molar-refractivity contribution in [3.63, 3.8) is 0 Å². The molecule has 1 heterocycles. The molecule has 2 aromatic carbocycles. The predicted octanol–water partition coefficient (Wildman–Crippen LogP) is 4.28. The first kappa shape index (κ1) is 23.1. The van der Waals surface area contributed by atoms with Crippen molar-refractivity contribution in [3.8, 4) is 28.9 Å². The molecule has 172 valence electrons. The van der Waals surface area contributed by atoms with Gasteiger partial charge in [0, 0.05) is 6.42 Å². The summed E-state index contributed by atoms with van der Waals surface area (Å²) in [4.78, 5) is 0. The van der Waals surface area contributed by atoms with Gasteiger partial charge in [0.05, 0.1) is 40.5 Å². The maximum atomic E-state index is 13.7. The van der Waals surface area contributed by atoms with Crippen LogP contribution in [0.25, 0.3) is 0 Å². The van der Waals surface area contributed by atoms with E-state index in [-0.39, 0.29) is 18.5 Å². The zero-order valence-corrected chi connectivity index (χ0v) is 18.0. The number of rotatable bonds is 8. The summed E-state index contributed by atoms with van der Waals surface area (Å²) in [5.74, 6) is 0.863. The lowest BCUT2D eigenvalue weighted by molar-refractivity contribution is -0.142. The average Bonchev–Trinajstić information content (AvgIpc) is 3.08. The first-order valence-corrected chi connectivity index (χ1v) is 9.49. The van der Waals surface area contributed by atoms with Gasteiger partial charge in [-0.3, -0.25) is 0 Å². The van der Waals surface area contributed by atoms with Gasteiger partial charge in [0.25, 0.3) is 0 Å². The minimum Gasteiger partial charge on any atom is -0.497 e. The Kier molecular flexibility index (Phi) is 6.71. The van der Waals surface area contributed by atoms with Gasteiger partial charge in [-0.25, -0.2) is 4.68 Å². The van der Waals surface area contributed by atoms with Gasteiger partial charge in [0.1, 0.15) is 5.75 Å². The van der Waals surface area contributed by atoms with Crippen LogP contribution in [0.1, 0.15) is 22.4 Å². The van der Waals surface area contributed by atoms with E-state index >= 15 is 0 Å². The van der Waals surface area contributed by atoms with Crippen LogP contribution in [0, 0.1) is 0 Å². The van der Waals surface area contributed by atoms with Gasteiger partial charge in [-0.2, -0.15) is 18.3 Å². The minimum atomic E-state index is -4.76. The van der Waals surface area contributed by atoms with E-state index in [0.717, 1.165) is 4.68 Å². The first-order chi connectivity index (χ1) is 15.2. The van der Waals surface area contributed by atoms with Crippen molar-refractivity contribution in [3.05, 3.63) is 58.8 Å². The average molecular weight is 452 g/mol. The molecule has 1 N–H and O–H groups in total. The Bertz CT molecular complexity index is 1070. The molecule has 0 amide bonds. The van der Waals surface area contributed by atoms with E-state index in [2.05, 4.69) is 5.10 Å². The highest BCUT2D eigenvalue weighted by Gasteiger charge is 2.39. The van der Waals surface area contributed by atoms with Crippen LogP contribution >= 0.6 is 0 Å². The van der Waals surface area contributed by atoms with Gasteiger partial charge in [-0.15, -0.1) is 0 Å². The molecule has 0 saturated heterocycles. The number of alkyl halides is 3. The number of nitrogens with zero attached hydrogens (tertiary/aromatic N) is 2. The third-order valence-corrected chi connectivity index (χ3v) is 4.86. The van der Waals surface area contributed by atoms with Crippen LogP contribution in [0.15, 0.2) is 36.4 Å². The predicted molar refractivity (Wildman–Crippen MR) is 110 cm³/mol. The number of ether oxygens (including phenoxy) is 4. The second-order valence-electron chi connectivity index (χ2n) is 6.87. The van der Waals surface area contributed by atoms with Gasteiger partial charge in [-0.05, 0) is 35.4 Å². The van der Waals surface area contributed by atoms with E-state index in [9.17, 15) is 18.3 Å². The minimum absolute atomic E-state index is 0.0681. The van der Waals surface area contributed by atoms with Crippen LogP contribution in [-0.4, -0.2) is 43.3 Å². The Morgan fingerprint density at radius 1 is 0.906 bits per heavy atom. The maximum absolute atomic E-state index is 13.7. The van der Waals surface area contributed by atoms with Crippen molar-refractivity contribution >= 4 is 0 Å². The van der Waals surface area contributed by atoms with E-state index in [1.54, 1.807) is 24.3 Å². The van der Waals surface area contributed by atoms with Gasteiger partial charge < -0.3 is 24.1 Å². The molecule has 3 aromatic rings. The quantitative estimate of drug-likeness (QED) is 0.550. The summed E-state index contributed by atoms with van der Waals surface area (Å²) in [6, 6.07) is 9.84. The van der Waals surface area contributed by atoms with Crippen LogP contribution < -0.4 is 18.9 Å². The highest BCUT2D eigenvalue weighted by atomic mass is 19.4. The largest absolute Gasteiger partial charge is 0.497 e. The lowest BCUT2D eigenvalue weighted by Gasteiger charge is -2.14. The number of aromatic nitrogens is 2. The number of hydrogen-bond acceptors (Lipinski definition) is 6. The van der Waals surface area contributed by atoms with Crippen LogP contribution in [0.2, 0.25) is 0 Å². The maximum Gasteiger partial charge on any atom is 0.435 e. The number of hydrogen-bond donors (Lipinski definition) is 1. The molecule has 0 aliphatic rings. The molecule has 0 radical (unpaired) electrons. The standard InChI is InChI=1S/C22H23F3N2O5/c1-29-15-7-5-6-13(8-15)12-27-21(28)16(20(26-27)22(23,24)25)9-14-10-17(30-2)19(32-4)18(11-14)31-3/h5-8,10-11,28H,9,12H2,1-4H3. The van der Waals surface area contributed by atoms with Crippen LogP contribution in [0.3, 0.4) is 0 Å². The third-order valence-electron chi connectivity index (χ3n) is 4.86. The monoisotopic (exact) mass is 452 g/mol. The summed E-state index contributed by atoms with van der Waals surface area (Å²) in [5.41, 5.74) is -0.474. The number of aromatic hydroxyl groups is 1. The molecule has 0 spiro atoms. The number of methoxy groups -OCH3 is 4. The Labute approximate surface area is 182 Å². The Morgan fingerprint density at radius 2 is 1.56 bits per heavy atom. The van der Waals surface area contributed by atoms with Gasteiger partial charge in [0.15, 0.2) is 17.2 Å². The Hall–Kier alpha value is -3.56. The van der Waals surface area contributed by atoms with Crippen LogP contribution in [0.5, 0.6) is 28.9 Å². The molecule has 0 unspecified atom stereocenters. The topological polar surface area (TPSA) is 75.0 Å². The van der Waals surface area contributed by atoms with E-state index in [1.165, 1.54) is 40.6 Å². The molecule has 3 rings (SSSR count). The molecule has 7 nitrogen and oxygen atoms in total. The second kappa shape index (κ2) is 9.29. The van der Waals surface area contributed by atoms with Crippen LogP contribution in [-0.2, 0) is 19.1 Å². The Balaban J connectivity index is 2.04. The molecule has 0 fully saturated rings. The van der Waals surface area contributed by atoms with Crippen molar-refractivity contribution in [2.45, 2.75) is 19.1 Å². The molecular weight excluding hydrogens is 429 g/mol. The molecular formula is C22H23F3N2O5. The molecule has 0 bridgehead atoms. The van der Waals surface area contributed by atoms with Gasteiger partial charge in [0.2, 0.25) is 11.6 Å². The van der Waals surface area contributed by atoms with Crippen molar-refractivity contribution in [2.24, 2.45) is 0 Å². The summed E-state index contributed by atoms with van der Waals surface area (Å²) in [5, 5.41) is 14.3. The Morgan fingerprint density at radius 3 is 2.09 bits per heavy atom. The molecule has 0 aliphatic heterocycles. The highest BCUT2D eigenvalue weighted by molar-refractivity contribution is 5.55. The van der Waals surface area contributed by atoms with E-state index < -0.39 is 17.8 Å². The van der Waals surface area contributed by atoms with Gasteiger partial charge >= 0.3 is 6.18 Å². The fourth-order valence-electron chi connectivity index (χ4n) is 3.38. The summed E-state index contributed by atoms with van der Waals surface area (Å²) in [7, 11) is 5.73. The second-order valence-corrected chi connectivity index (χ2v) is 6.87. The normalized spacial score (nSPS) is 11.3. The summed E-state index contributed by atoms with van der Waals surface area (Å²) < 4.78 is 63.1. The van der Waals surface area contributed by atoms with Crippen LogP contribution in [0.4, 0.5) is 13.2 Å². The van der Waals surface area contributed by atoms with Crippen molar-refractivity contribution in [2.75, 3.05) is 28.4 Å². The lowest BCUT2D eigenvalue weighted by atomic mass is 10.0. The zero-order chi connectivity index (χ0) is 23.5.